The molecular weight excluding hydrogens is 427 g/mol. The molecule has 28 heavy (non-hydrogen) atoms. The lowest BCUT2D eigenvalue weighted by Crippen LogP contribution is -2.34. The highest BCUT2D eigenvalue weighted by atomic mass is 35.5. The monoisotopic (exact) mass is 444 g/mol. The maximum atomic E-state index is 12.5. The molecule has 0 aromatic carbocycles. The lowest BCUT2D eigenvalue weighted by atomic mass is 10.3. The number of aromatic amines is 1. The fourth-order valence-corrected chi connectivity index (χ4v) is 5.07. The second kappa shape index (κ2) is 7.22. The van der Waals surface area contributed by atoms with Gasteiger partial charge in [-0.05, 0) is 6.92 Å². The molecule has 0 spiro atoms. The molecule has 4 rings (SSSR count). The summed E-state index contributed by atoms with van der Waals surface area (Å²) in [4.78, 5) is 33.5. The van der Waals surface area contributed by atoms with Crippen LogP contribution in [-0.2, 0) is 11.3 Å². The number of fused-ring (bicyclic) bond motifs is 1. The smallest absolute Gasteiger partial charge is 0.347 e. The minimum atomic E-state index is -0.998. The predicted octanol–water partition coefficient (Wildman–Crippen LogP) is 2.80. The number of nitrogens with zero attached hydrogens (tertiary/aromatic N) is 2. The number of aromatic carboxylic acids is 1. The Bertz CT molecular complexity index is 947. The van der Waals surface area contributed by atoms with E-state index in [4.69, 9.17) is 27.9 Å². The number of nitrogens with one attached hydrogen (secondary N) is 2. The Morgan fingerprint density at radius 2 is 2.04 bits per heavy atom. The third-order valence-corrected chi connectivity index (χ3v) is 7.30. The average Bonchev–Trinajstić information content (AvgIpc) is 3.04. The van der Waals surface area contributed by atoms with Crippen LogP contribution in [0.25, 0.3) is 0 Å². The van der Waals surface area contributed by atoms with Crippen LogP contribution >= 0.6 is 34.5 Å². The first-order chi connectivity index (χ1) is 13.3. The maximum absolute atomic E-state index is 12.5. The lowest BCUT2D eigenvalue weighted by molar-refractivity contribution is 0.0696. The van der Waals surface area contributed by atoms with Crippen LogP contribution in [-0.4, -0.2) is 53.2 Å². The minimum Gasteiger partial charge on any atom is -0.477 e. The number of hydrogen-bond donors (Lipinski definition) is 3. The number of anilines is 1. The van der Waals surface area contributed by atoms with Crippen molar-refractivity contribution in [3.8, 4) is 0 Å². The molecule has 2 aromatic heterocycles. The van der Waals surface area contributed by atoms with Gasteiger partial charge in [-0.15, -0.1) is 0 Å². The maximum Gasteiger partial charge on any atom is 0.347 e. The van der Waals surface area contributed by atoms with E-state index < -0.39 is 5.97 Å². The average molecular weight is 445 g/mol. The van der Waals surface area contributed by atoms with Gasteiger partial charge in [0.1, 0.15) is 10.6 Å². The van der Waals surface area contributed by atoms with E-state index in [0.29, 0.717) is 46.5 Å². The molecule has 1 amide bonds. The quantitative estimate of drug-likeness (QED) is 0.631. The van der Waals surface area contributed by atoms with Gasteiger partial charge in [-0.1, -0.05) is 34.5 Å². The normalized spacial score (nSPS) is 23.0. The molecule has 3 N–H and O–H groups in total. The van der Waals surface area contributed by atoms with Crippen LogP contribution in [0.2, 0.25) is 10.0 Å². The third kappa shape index (κ3) is 3.26. The number of rotatable bonds is 6. The van der Waals surface area contributed by atoms with Crippen molar-refractivity contribution in [2.45, 2.75) is 19.6 Å². The molecule has 11 heteroatoms. The largest absolute Gasteiger partial charge is 0.477 e. The predicted molar refractivity (Wildman–Crippen MR) is 106 cm³/mol. The number of ether oxygens (including phenoxy) is 1. The molecule has 2 aliphatic rings. The van der Waals surface area contributed by atoms with Crippen molar-refractivity contribution < 1.29 is 19.4 Å². The van der Waals surface area contributed by atoms with Crippen molar-refractivity contribution in [3.05, 3.63) is 32.0 Å². The summed E-state index contributed by atoms with van der Waals surface area (Å²) in [5, 5.41) is 13.6. The highest BCUT2D eigenvalue weighted by Crippen LogP contribution is 2.48. The van der Waals surface area contributed by atoms with Crippen LogP contribution in [0.4, 0.5) is 5.13 Å². The first-order valence-corrected chi connectivity index (χ1v) is 10.2. The highest BCUT2D eigenvalue weighted by molar-refractivity contribution is 7.17. The van der Waals surface area contributed by atoms with Gasteiger partial charge in [0.2, 0.25) is 0 Å². The number of hydrogen-bond acceptors (Lipinski definition) is 6. The summed E-state index contributed by atoms with van der Waals surface area (Å²) in [6.45, 7) is 3.35. The second-order valence-corrected chi connectivity index (χ2v) is 8.73. The summed E-state index contributed by atoms with van der Waals surface area (Å²) in [6.07, 6.45) is 0. The number of carboxylic acid groups (broad SMARTS) is 1. The van der Waals surface area contributed by atoms with Crippen LogP contribution in [0.15, 0.2) is 0 Å². The minimum absolute atomic E-state index is 0.0690. The molecular formula is C17H18Cl2N4O4S. The zero-order valence-corrected chi connectivity index (χ0v) is 17.4. The summed E-state index contributed by atoms with van der Waals surface area (Å²) < 4.78 is 5.04. The Labute approximate surface area is 174 Å². The van der Waals surface area contributed by atoms with Gasteiger partial charge >= 0.3 is 5.97 Å². The number of aryl methyl sites for hydroxylation is 1. The number of halogens is 2. The van der Waals surface area contributed by atoms with Gasteiger partial charge in [-0.2, -0.15) is 0 Å². The van der Waals surface area contributed by atoms with Gasteiger partial charge < -0.3 is 25.0 Å². The molecule has 1 saturated heterocycles. The zero-order valence-electron chi connectivity index (χ0n) is 15.1. The fraction of sp³-hybridized carbons (Fsp3) is 0.471. The molecule has 3 heterocycles. The van der Waals surface area contributed by atoms with Crippen molar-refractivity contribution >= 4 is 51.5 Å². The summed E-state index contributed by atoms with van der Waals surface area (Å²) in [5.41, 5.74) is 1.37. The first-order valence-electron chi connectivity index (χ1n) is 8.63. The summed E-state index contributed by atoms with van der Waals surface area (Å²) in [6, 6.07) is 0.0690. The van der Waals surface area contributed by atoms with Crippen LogP contribution in [0, 0.1) is 18.8 Å². The Morgan fingerprint density at radius 1 is 1.36 bits per heavy atom. The van der Waals surface area contributed by atoms with Crippen LogP contribution < -0.4 is 10.2 Å². The number of amides is 1. The van der Waals surface area contributed by atoms with E-state index >= 15 is 0 Å². The summed E-state index contributed by atoms with van der Waals surface area (Å²) in [7, 11) is 1.51. The van der Waals surface area contributed by atoms with Gasteiger partial charge in [-0.25, -0.2) is 9.78 Å². The van der Waals surface area contributed by atoms with Crippen molar-refractivity contribution in [1.82, 2.24) is 15.3 Å². The van der Waals surface area contributed by atoms with Gasteiger partial charge in [0, 0.05) is 43.8 Å². The molecule has 3 atom stereocenters. The number of methoxy groups -OCH3 is 1. The van der Waals surface area contributed by atoms with Crippen molar-refractivity contribution in [3.63, 3.8) is 0 Å². The van der Waals surface area contributed by atoms with Crippen LogP contribution in [0.1, 0.15) is 31.5 Å². The molecule has 1 saturated carbocycles. The van der Waals surface area contributed by atoms with Gasteiger partial charge in [-0.3, -0.25) is 4.79 Å². The van der Waals surface area contributed by atoms with E-state index in [2.05, 4.69) is 20.2 Å². The van der Waals surface area contributed by atoms with Crippen LogP contribution in [0.3, 0.4) is 0 Å². The summed E-state index contributed by atoms with van der Waals surface area (Å²) >= 11 is 13.3. The van der Waals surface area contributed by atoms with Crippen molar-refractivity contribution in [2.24, 2.45) is 11.8 Å². The SMILES string of the molecule is COCc1nc(N2C[C@@H]3[C@H](C2)[C@@H]3NC(=O)c2[nH]c(C)c(Cl)c2Cl)sc1C(=O)O. The number of piperidine rings is 1. The molecule has 0 bridgehead atoms. The van der Waals surface area contributed by atoms with Crippen LogP contribution in [0.5, 0.6) is 0 Å². The van der Waals surface area contributed by atoms with E-state index in [0.717, 1.165) is 11.3 Å². The number of carbonyl (C=O) groups excluding carboxylic acids is 1. The number of H-pyrrole nitrogens is 1. The standard InChI is InChI=1S/C17H18Cl2N4O4S/c1-6-10(18)11(19)13(20-6)15(24)22-12-7-3-23(4-8(7)12)17-21-9(5-27-2)14(28-17)16(25)26/h7-8,12,20H,3-5H2,1-2H3,(H,22,24)(H,25,26)/t7-,8+,12-. The molecule has 150 valence electrons. The van der Waals surface area contributed by atoms with E-state index in [1.807, 2.05) is 0 Å². The van der Waals surface area contributed by atoms with Gasteiger partial charge in [0.05, 0.1) is 22.3 Å². The van der Waals surface area contributed by atoms with E-state index in [1.165, 1.54) is 7.11 Å². The number of carboxylic acids is 1. The molecule has 2 fully saturated rings. The number of carbonyl (C=O) groups is 2. The Balaban J connectivity index is 1.39. The molecule has 1 aliphatic heterocycles. The summed E-state index contributed by atoms with van der Waals surface area (Å²) in [5.74, 6) is -0.660. The molecule has 0 radical (unpaired) electrons. The third-order valence-electron chi connectivity index (χ3n) is 5.20. The Kier molecular flexibility index (Phi) is 5.03. The molecule has 2 aromatic rings. The highest BCUT2D eigenvalue weighted by Gasteiger charge is 2.57. The van der Waals surface area contributed by atoms with E-state index in [9.17, 15) is 14.7 Å². The molecule has 1 aliphatic carbocycles. The number of thiazole rings is 1. The molecule has 0 unspecified atom stereocenters. The number of aromatic nitrogens is 2. The first kappa shape index (κ1) is 19.5. The molecule has 8 nitrogen and oxygen atoms in total. The topological polar surface area (TPSA) is 108 Å². The Hall–Kier alpha value is -1.81. The van der Waals surface area contributed by atoms with E-state index in [1.54, 1.807) is 6.92 Å². The lowest BCUT2D eigenvalue weighted by Gasteiger charge is -2.19. The van der Waals surface area contributed by atoms with Gasteiger partial charge in [0.25, 0.3) is 5.91 Å². The van der Waals surface area contributed by atoms with Crippen molar-refractivity contribution in [2.75, 3.05) is 25.1 Å². The zero-order chi connectivity index (χ0) is 20.2. The Morgan fingerprint density at radius 3 is 2.57 bits per heavy atom. The van der Waals surface area contributed by atoms with Gasteiger partial charge in [0.15, 0.2) is 5.13 Å². The van der Waals surface area contributed by atoms with E-state index in [-0.39, 0.29) is 34.1 Å². The second-order valence-electron chi connectivity index (χ2n) is 7.00. The fourth-order valence-electron chi connectivity index (χ4n) is 3.72. The van der Waals surface area contributed by atoms with Crippen molar-refractivity contribution in [1.29, 1.82) is 0 Å².